The van der Waals surface area contributed by atoms with Crippen LogP contribution in [0, 0.1) is 0 Å². The maximum absolute atomic E-state index is 11.5. The Kier molecular flexibility index (Phi) is 2.63. The molecule has 1 aliphatic rings. The van der Waals surface area contributed by atoms with Crippen molar-refractivity contribution in [3.8, 4) is 0 Å². The molecule has 0 aromatic carbocycles. The largest absolute Gasteiger partial charge is 0.464 e. The van der Waals surface area contributed by atoms with Gasteiger partial charge in [0.1, 0.15) is 6.73 Å². The van der Waals surface area contributed by atoms with E-state index in [9.17, 15) is 9.59 Å². The highest BCUT2D eigenvalue weighted by Crippen LogP contribution is 2.22. The Morgan fingerprint density at radius 1 is 1.57 bits per heavy atom. The molecule has 1 aliphatic heterocycles. The number of imide groups is 1. The van der Waals surface area contributed by atoms with Gasteiger partial charge in [0.2, 0.25) is 0 Å². The SMILES string of the molecule is CC1(C)COCN1C(=O)N(N)C(=O)O. The number of rotatable bonds is 0. The molecule has 0 bridgehead atoms. The second-order valence-electron chi connectivity index (χ2n) is 3.65. The van der Waals surface area contributed by atoms with E-state index in [1.165, 1.54) is 4.90 Å². The molecular formula is C7H13N3O4. The second kappa shape index (κ2) is 3.43. The van der Waals surface area contributed by atoms with E-state index in [1.807, 2.05) is 0 Å². The lowest BCUT2D eigenvalue weighted by Crippen LogP contribution is -2.54. The molecule has 0 atom stereocenters. The minimum atomic E-state index is -1.49. The number of ether oxygens (including phenoxy) is 1. The molecule has 0 spiro atoms. The fourth-order valence-corrected chi connectivity index (χ4v) is 1.17. The van der Waals surface area contributed by atoms with Gasteiger partial charge in [-0.2, -0.15) is 5.01 Å². The molecule has 14 heavy (non-hydrogen) atoms. The van der Waals surface area contributed by atoms with Crippen molar-refractivity contribution in [1.82, 2.24) is 9.91 Å². The summed E-state index contributed by atoms with van der Waals surface area (Å²) in [6, 6.07) is -0.778. The summed E-state index contributed by atoms with van der Waals surface area (Å²) in [7, 11) is 0. The van der Waals surface area contributed by atoms with Gasteiger partial charge in [0.05, 0.1) is 12.1 Å². The maximum atomic E-state index is 11.5. The smallest absolute Gasteiger partial charge is 0.430 e. The molecule has 80 valence electrons. The number of urea groups is 1. The molecule has 7 heteroatoms. The fraction of sp³-hybridized carbons (Fsp3) is 0.714. The summed E-state index contributed by atoms with van der Waals surface area (Å²) in [5.74, 6) is 5.05. The quantitative estimate of drug-likeness (QED) is 0.329. The number of amides is 3. The fourth-order valence-electron chi connectivity index (χ4n) is 1.17. The lowest BCUT2D eigenvalue weighted by Gasteiger charge is -2.30. The molecule has 1 saturated heterocycles. The number of hydrogen-bond donors (Lipinski definition) is 2. The molecule has 1 fully saturated rings. The van der Waals surface area contributed by atoms with Crippen molar-refractivity contribution in [2.24, 2.45) is 5.84 Å². The number of hydrogen-bond acceptors (Lipinski definition) is 4. The molecule has 0 aliphatic carbocycles. The van der Waals surface area contributed by atoms with Crippen molar-refractivity contribution < 1.29 is 19.4 Å². The Morgan fingerprint density at radius 2 is 2.14 bits per heavy atom. The zero-order valence-corrected chi connectivity index (χ0v) is 8.06. The molecular weight excluding hydrogens is 190 g/mol. The lowest BCUT2D eigenvalue weighted by atomic mass is 10.1. The number of carboxylic acid groups (broad SMARTS) is 1. The van der Waals surface area contributed by atoms with Gasteiger partial charge in [0, 0.05) is 0 Å². The first-order chi connectivity index (χ1) is 6.36. The van der Waals surface area contributed by atoms with E-state index in [0.29, 0.717) is 6.61 Å². The van der Waals surface area contributed by atoms with Gasteiger partial charge in [-0.25, -0.2) is 15.4 Å². The van der Waals surface area contributed by atoms with Crippen LogP contribution in [0.5, 0.6) is 0 Å². The zero-order valence-electron chi connectivity index (χ0n) is 8.06. The molecule has 0 aromatic heterocycles. The molecule has 0 unspecified atom stereocenters. The minimum Gasteiger partial charge on any atom is -0.464 e. The Bertz CT molecular complexity index is 266. The number of nitrogens with two attached hydrogens (primary N) is 1. The van der Waals surface area contributed by atoms with Gasteiger partial charge in [-0.05, 0) is 13.8 Å². The summed E-state index contributed by atoms with van der Waals surface area (Å²) >= 11 is 0. The van der Waals surface area contributed by atoms with Crippen LogP contribution in [0.1, 0.15) is 13.8 Å². The molecule has 7 nitrogen and oxygen atoms in total. The Morgan fingerprint density at radius 3 is 2.50 bits per heavy atom. The van der Waals surface area contributed by atoms with Gasteiger partial charge in [-0.15, -0.1) is 0 Å². The highest BCUT2D eigenvalue weighted by molar-refractivity contribution is 5.89. The van der Waals surface area contributed by atoms with E-state index in [4.69, 9.17) is 15.7 Å². The van der Waals surface area contributed by atoms with Gasteiger partial charge in [0.25, 0.3) is 0 Å². The Labute approximate surface area is 81.0 Å². The number of hydrazine groups is 1. The van der Waals surface area contributed by atoms with Crippen molar-refractivity contribution in [3.63, 3.8) is 0 Å². The predicted molar refractivity (Wildman–Crippen MR) is 46.2 cm³/mol. The van der Waals surface area contributed by atoms with Crippen molar-refractivity contribution in [1.29, 1.82) is 0 Å². The summed E-state index contributed by atoms with van der Waals surface area (Å²) < 4.78 is 5.05. The highest BCUT2D eigenvalue weighted by Gasteiger charge is 2.39. The number of carbonyl (C=O) groups excluding carboxylic acids is 1. The molecule has 0 radical (unpaired) electrons. The third kappa shape index (κ3) is 1.78. The van der Waals surface area contributed by atoms with Crippen LogP contribution in [-0.2, 0) is 4.74 Å². The Balaban J connectivity index is 2.75. The number of carbonyl (C=O) groups is 2. The predicted octanol–water partition coefficient (Wildman–Crippen LogP) is 0.0284. The third-order valence-electron chi connectivity index (χ3n) is 2.05. The van der Waals surface area contributed by atoms with Crippen LogP contribution < -0.4 is 5.84 Å². The van der Waals surface area contributed by atoms with Gasteiger partial charge in [-0.3, -0.25) is 4.90 Å². The van der Waals surface area contributed by atoms with Crippen LogP contribution in [-0.4, -0.2) is 46.0 Å². The first-order valence-electron chi connectivity index (χ1n) is 4.03. The summed E-state index contributed by atoms with van der Waals surface area (Å²) in [6.07, 6.45) is -1.49. The van der Waals surface area contributed by atoms with Crippen LogP contribution in [0.3, 0.4) is 0 Å². The van der Waals surface area contributed by atoms with Crippen molar-refractivity contribution in [2.45, 2.75) is 19.4 Å². The summed E-state index contributed by atoms with van der Waals surface area (Å²) in [6.45, 7) is 3.97. The zero-order chi connectivity index (χ0) is 10.9. The van der Waals surface area contributed by atoms with Crippen molar-refractivity contribution in [3.05, 3.63) is 0 Å². The van der Waals surface area contributed by atoms with Gasteiger partial charge < -0.3 is 9.84 Å². The van der Waals surface area contributed by atoms with E-state index < -0.39 is 17.7 Å². The third-order valence-corrected chi connectivity index (χ3v) is 2.05. The molecule has 0 saturated carbocycles. The second-order valence-corrected chi connectivity index (χ2v) is 3.65. The van der Waals surface area contributed by atoms with E-state index in [2.05, 4.69) is 0 Å². The van der Waals surface area contributed by atoms with Gasteiger partial charge in [-0.1, -0.05) is 0 Å². The lowest BCUT2D eigenvalue weighted by molar-refractivity contribution is 0.103. The highest BCUT2D eigenvalue weighted by atomic mass is 16.5. The monoisotopic (exact) mass is 203 g/mol. The van der Waals surface area contributed by atoms with Crippen LogP contribution in [0.15, 0.2) is 0 Å². The average Bonchev–Trinajstić information content (AvgIpc) is 2.42. The van der Waals surface area contributed by atoms with Crippen LogP contribution in [0.2, 0.25) is 0 Å². The van der Waals surface area contributed by atoms with Crippen molar-refractivity contribution >= 4 is 12.1 Å². The standard InChI is InChI=1S/C7H13N3O4/c1-7(2)3-14-4-9(7)5(11)10(8)6(12)13/h3-4,8H2,1-2H3,(H,12,13). The van der Waals surface area contributed by atoms with Gasteiger partial charge >= 0.3 is 12.1 Å². The Hall–Kier alpha value is -1.34. The normalized spacial score (nSPS) is 19.5. The summed E-state index contributed by atoms with van der Waals surface area (Å²) in [5, 5.41) is 8.64. The van der Waals surface area contributed by atoms with Crippen LogP contribution in [0.4, 0.5) is 9.59 Å². The average molecular weight is 203 g/mol. The summed E-state index contributed by atoms with van der Waals surface area (Å²) in [4.78, 5) is 23.2. The first kappa shape index (κ1) is 10.7. The molecule has 0 aromatic rings. The number of nitrogens with zero attached hydrogens (tertiary/aromatic N) is 2. The van der Waals surface area contributed by atoms with Crippen molar-refractivity contribution in [2.75, 3.05) is 13.3 Å². The van der Waals surface area contributed by atoms with Crippen LogP contribution in [0.25, 0.3) is 0 Å². The first-order valence-corrected chi connectivity index (χ1v) is 4.03. The van der Waals surface area contributed by atoms with Gasteiger partial charge in [0.15, 0.2) is 0 Å². The summed E-state index contributed by atoms with van der Waals surface area (Å²) in [5.41, 5.74) is -0.524. The van der Waals surface area contributed by atoms with Crippen LogP contribution >= 0.6 is 0 Å². The van der Waals surface area contributed by atoms with E-state index in [-0.39, 0.29) is 11.7 Å². The minimum absolute atomic E-state index is 0.0623. The molecule has 3 amide bonds. The topological polar surface area (TPSA) is 96.1 Å². The molecule has 1 rings (SSSR count). The maximum Gasteiger partial charge on any atom is 0.430 e. The molecule has 3 N–H and O–H groups in total. The molecule has 1 heterocycles. The van der Waals surface area contributed by atoms with E-state index in [1.54, 1.807) is 13.8 Å². The van der Waals surface area contributed by atoms with E-state index >= 15 is 0 Å². The van der Waals surface area contributed by atoms with E-state index in [0.717, 1.165) is 0 Å².